The predicted octanol–water partition coefficient (Wildman–Crippen LogP) is 3.22. The average molecular weight is 270 g/mol. The van der Waals surface area contributed by atoms with Crippen LogP contribution in [0.25, 0.3) is 0 Å². The standard InChI is InChI=1S/C18H22O2/c1-3-17(20)18(2)9-8-16-13(11-18)5-4-12-10-14(19)6-7-15(12)16/h1,6-7,10,13,16-17,19-20H,4-5,8-9,11H2,2H3/t13?,16?,17-,18-/m0/s1. The van der Waals surface area contributed by atoms with Gasteiger partial charge in [-0.1, -0.05) is 18.9 Å². The first-order valence-electron chi connectivity index (χ1n) is 7.49. The number of phenolic OH excluding ortho intramolecular Hbond substituents is 1. The summed E-state index contributed by atoms with van der Waals surface area (Å²) in [5.74, 6) is 4.06. The minimum atomic E-state index is -0.635. The van der Waals surface area contributed by atoms with Gasteiger partial charge in [-0.25, -0.2) is 0 Å². The maximum Gasteiger partial charge on any atom is 0.119 e. The minimum Gasteiger partial charge on any atom is -0.508 e. The summed E-state index contributed by atoms with van der Waals surface area (Å²) < 4.78 is 0. The molecule has 4 atom stereocenters. The molecule has 1 saturated carbocycles. The van der Waals surface area contributed by atoms with Crippen molar-refractivity contribution in [2.24, 2.45) is 11.3 Å². The van der Waals surface area contributed by atoms with E-state index in [9.17, 15) is 10.2 Å². The van der Waals surface area contributed by atoms with E-state index in [1.54, 1.807) is 6.07 Å². The number of aromatic hydroxyl groups is 1. The fourth-order valence-corrected chi connectivity index (χ4v) is 4.24. The van der Waals surface area contributed by atoms with E-state index in [-0.39, 0.29) is 5.41 Å². The number of fused-ring (bicyclic) bond motifs is 3. The number of terminal acetylenes is 1. The van der Waals surface area contributed by atoms with Gasteiger partial charge in [0.1, 0.15) is 11.9 Å². The summed E-state index contributed by atoms with van der Waals surface area (Å²) in [5.41, 5.74) is 2.56. The second-order valence-corrected chi connectivity index (χ2v) is 6.75. The molecule has 2 unspecified atom stereocenters. The van der Waals surface area contributed by atoms with Gasteiger partial charge in [0.05, 0.1) is 0 Å². The van der Waals surface area contributed by atoms with Crippen LogP contribution in [0.15, 0.2) is 18.2 Å². The molecule has 1 fully saturated rings. The largest absolute Gasteiger partial charge is 0.508 e. The van der Waals surface area contributed by atoms with Crippen LogP contribution in [0.5, 0.6) is 5.75 Å². The second-order valence-electron chi connectivity index (χ2n) is 6.75. The molecule has 1 aromatic carbocycles. The minimum absolute atomic E-state index is 0.135. The normalized spacial score (nSPS) is 33.6. The Balaban J connectivity index is 1.86. The molecule has 0 spiro atoms. The summed E-state index contributed by atoms with van der Waals surface area (Å²) in [5, 5.41) is 19.7. The molecule has 2 heteroatoms. The van der Waals surface area contributed by atoms with E-state index in [1.165, 1.54) is 11.1 Å². The van der Waals surface area contributed by atoms with E-state index in [0.717, 1.165) is 32.1 Å². The molecule has 0 aliphatic heterocycles. The van der Waals surface area contributed by atoms with Crippen molar-refractivity contribution in [1.29, 1.82) is 0 Å². The van der Waals surface area contributed by atoms with Crippen molar-refractivity contribution >= 4 is 0 Å². The quantitative estimate of drug-likeness (QED) is 0.769. The molecular weight excluding hydrogens is 248 g/mol. The Labute approximate surface area is 120 Å². The Hall–Kier alpha value is -1.46. The smallest absolute Gasteiger partial charge is 0.119 e. The average Bonchev–Trinajstić information content (AvgIpc) is 2.45. The third-order valence-electron chi connectivity index (χ3n) is 5.45. The van der Waals surface area contributed by atoms with Crippen LogP contribution in [0, 0.1) is 23.7 Å². The van der Waals surface area contributed by atoms with Crippen molar-refractivity contribution in [2.75, 3.05) is 0 Å². The van der Waals surface area contributed by atoms with E-state index in [2.05, 4.69) is 18.9 Å². The number of aliphatic hydroxyl groups is 1. The van der Waals surface area contributed by atoms with Crippen molar-refractivity contribution in [1.82, 2.24) is 0 Å². The summed E-state index contributed by atoms with van der Waals surface area (Å²) in [4.78, 5) is 0. The molecule has 1 aromatic rings. The number of rotatable bonds is 1. The van der Waals surface area contributed by atoms with Crippen LogP contribution in [0.2, 0.25) is 0 Å². The summed E-state index contributed by atoms with van der Waals surface area (Å²) in [6, 6.07) is 5.79. The summed E-state index contributed by atoms with van der Waals surface area (Å²) in [6.45, 7) is 2.13. The first kappa shape index (κ1) is 13.5. The molecule has 3 rings (SSSR count). The molecule has 2 aliphatic carbocycles. The van der Waals surface area contributed by atoms with Gasteiger partial charge < -0.3 is 10.2 Å². The van der Waals surface area contributed by atoms with Gasteiger partial charge in [-0.15, -0.1) is 6.42 Å². The molecule has 0 amide bonds. The van der Waals surface area contributed by atoms with Crippen molar-refractivity contribution in [3.05, 3.63) is 29.3 Å². The number of aryl methyl sites for hydroxylation is 1. The highest BCUT2D eigenvalue weighted by molar-refractivity contribution is 5.39. The second kappa shape index (κ2) is 4.82. The number of benzene rings is 1. The topological polar surface area (TPSA) is 40.5 Å². The highest BCUT2D eigenvalue weighted by Gasteiger charge is 2.43. The maximum absolute atomic E-state index is 10.1. The molecule has 2 aliphatic rings. The SMILES string of the molecule is C#C[C@H](O)[C@@]1(C)CCC2c3ccc(O)cc3CCC2C1. The summed E-state index contributed by atoms with van der Waals surface area (Å²) in [7, 11) is 0. The molecule has 2 nitrogen and oxygen atoms in total. The lowest BCUT2D eigenvalue weighted by Crippen LogP contribution is -2.40. The Morgan fingerprint density at radius 1 is 1.40 bits per heavy atom. The van der Waals surface area contributed by atoms with Gasteiger partial charge in [-0.2, -0.15) is 0 Å². The van der Waals surface area contributed by atoms with Crippen molar-refractivity contribution in [2.45, 2.75) is 51.0 Å². The fraction of sp³-hybridized carbons (Fsp3) is 0.556. The monoisotopic (exact) mass is 270 g/mol. The van der Waals surface area contributed by atoms with Gasteiger partial charge in [0.15, 0.2) is 0 Å². The van der Waals surface area contributed by atoms with E-state index < -0.39 is 6.10 Å². The summed E-state index contributed by atoms with van der Waals surface area (Å²) >= 11 is 0. The van der Waals surface area contributed by atoms with Crippen LogP contribution in [0.1, 0.15) is 49.7 Å². The van der Waals surface area contributed by atoms with Crippen molar-refractivity contribution in [3.8, 4) is 18.1 Å². The van der Waals surface area contributed by atoms with Gasteiger partial charge in [0.2, 0.25) is 0 Å². The zero-order chi connectivity index (χ0) is 14.3. The van der Waals surface area contributed by atoms with E-state index in [1.807, 2.05) is 6.07 Å². The molecular formula is C18H22O2. The van der Waals surface area contributed by atoms with Gasteiger partial charge in [-0.05, 0) is 67.2 Å². The lowest BCUT2D eigenvalue weighted by atomic mass is 9.59. The molecule has 0 saturated heterocycles. The Kier molecular flexibility index (Phi) is 3.26. The van der Waals surface area contributed by atoms with E-state index in [4.69, 9.17) is 6.42 Å². The van der Waals surface area contributed by atoms with Crippen LogP contribution < -0.4 is 0 Å². The van der Waals surface area contributed by atoms with Gasteiger partial charge >= 0.3 is 0 Å². The van der Waals surface area contributed by atoms with Crippen LogP contribution in [0.3, 0.4) is 0 Å². The Morgan fingerprint density at radius 2 is 2.20 bits per heavy atom. The van der Waals surface area contributed by atoms with Crippen LogP contribution >= 0.6 is 0 Å². The first-order chi connectivity index (χ1) is 9.53. The Bertz CT molecular complexity index is 557. The third-order valence-corrected chi connectivity index (χ3v) is 5.45. The van der Waals surface area contributed by atoms with Crippen LogP contribution in [-0.2, 0) is 6.42 Å². The molecule has 0 heterocycles. The predicted molar refractivity (Wildman–Crippen MR) is 79.5 cm³/mol. The molecule has 0 radical (unpaired) electrons. The summed E-state index contributed by atoms with van der Waals surface area (Å²) in [6.07, 6.45) is 10.00. The Morgan fingerprint density at radius 3 is 2.95 bits per heavy atom. The van der Waals surface area contributed by atoms with E-state index >= 15 is 0 Å². The number of phenols is 1. The molecule has 2 N–H and O–H groups in total. The zero-order valence-corrected chi connectivity index (χ0v) is 12.0. The first-order valence-corrected chi connectivity index (χ1v) is 7.49. The van der Waals surface area contributed by atoms with Gasteiger partial charge in [0.25, 0.3) is 0 Å². The molecule has 20 heavy (non-hydrogen) atoms. The molecule has 0 bridgehead atoms. The van der Waals surface area contributed by atoms with Crippen LogP contribution in [-0.4, -0.2) is 16.3 Å². The van der Waals surface area contributed by atoms with Gasteiger partial charge in [0, 0.05) is 5.41 Å². The molecule has 0 aromatic heterocycles. The van der Waals surface area contributed by atoms with E-state index in [0.29, 0.717) is 17.6 Å². The van der Waals surface area contributed by atoms with Crippen molar-refractivity contribution < 1.29 is 10.2 Å². The highest BCUT2D eigenvalue weighted by atomic mass is 16.3. The van der Waals surface area contributed by atoms with Gasteiger partial charge in [-0.3, -0.25) is 0 Å². The van der Waals surface area contributed by atoms with Crippen molar-refractivity contribution in [3.63, 3.8) is 0 Å². The number of aliphatic hydroxyl groups excluding tert-OH is 1. The fourth-order valence-electron chi connectivity index (χ4n) is 4.24. The molecule has 106 valence electrons. The third kappa shape index (κ3) is 2.11. The maximum atomic E-state index is 10.1. The van der Waals surface area contributed by atoms with Crippen LogP contribution in [0.4, 0.5) is 0 Å². The highest BCUT2D eigenvalue weighted by Crippen LogP contribution is 2.52. The zero-order valence-electron chi connectivity index (χ0n) is 12.0. The lowest BCUT2D eigenvalue weighted by Gasteiger charge is -2.46. The number of hydrogen-bond donors (Lipinski definition) is 2. The lowest BCUT2D eigenvalue weighted by molar-refractivity contribution is 0.0179. The number of hydrogen-bond acceptors (Lipinski definition) is 2.